The third-order valence-electron chi connectivity index (χ3n) is 14.6. The van der Waals surface area contributed by atoms with Crippen LogP contribution in [0.2, 0.25) is 0 Å². The van der Waals surface area contributed by atoms with E-state index < -0.39 is 0 Å². The van der Waals surface area contributed by atoms with Crippen LogP contribution in [0, 0.1) is 11.3 Å². The van der Waals surface area contributed by atoms with Crippen LogP contribution in [-0.2, 0) is 0 Å². The summed E-state index contributed by atoms with van der Waals surface area (Å²) in [7, 11) is 0. The predicted octanol–water partition coefficient (Wildman–Crippen LogP) is 18.1. The first-order valence-corrected chi connectivity index (χ1v) is 24.7. The van der Waals surface area contributed by atoms with Gasteiger partial charge in [0.1, 0.15) is 0 Å². The van der Waals surface area contributed by atoms with Crippen molar-refractivity contribution in [2.75, 3.05) is 0 Å². The minimum Gasteiger partial charge on any atom is -0.309 e. The second kappa shape index (κ2) is 17.2. The van der Waals surface area contributed by atoms with Gasteiger partial charge in [-0.25, -0.2) is 0 Å². The summed E-state index contributed by atoms with van der Waals surface area (Å²) in [6.07, 6.45) is 3.71. The molecule has 0 fully saturated rings. The van der Waals surface area contributed by atoms with Crippen molar-refractivity contribution in [3.8, 4) is 78.8 Å². The Labute approximate surface area is 422 Å². The first-order chi connectivity index (χ1) is 36.1. The van der Waals surface area contributed by atoms with E-state index in [0.717, 1.165) is 83.4 Å². The zero-order valence-corrected chi connectivity index (χ0v) is 39.5. The third-order valence-corrected chi connectivity index (χ3v) is 14.6. The normalized spacial score (nSPS) is 11.5. The Hall–Kier alpha value is -9.95. The average molecular weight is 927 g/mol. The second-order valence-corrected chi connectivity index (χ2v) is 18.9. The number of aromatic nitrogens is 3. The number of benzene rings is 11. The zero-order valence-electron chi connectivity index (χ0n) is 39.5. The molecule has 3 aromatic heterocycles. The molecule has 0 unspecified atom stereocenters. The van der Waals surface area contributed by atoms with Gasteiger partial charge >= 0.3 is 0 Å². The maximum atomic E-state index is 10.1. The molecular weight excluding hydrogens is 885 g/mol. The van der Waals surface area contributed by atoms with Gasteiger partial charge in [-0.2, -0.15) is 5.26 Å². The fourth-order valence-corrected chi connectivity index (χ4v) is 11.2. The molecule has 338 valence electrons. The Bertz CT molecular complexity index is 4490. The fraction of sp³-hybridized carbons (Fsp3) is 0. The van der Waals surface area contributed by atoms with Gasteiger partial charge in [0.15, 0.2) is 0 Å². The molecule has 3 heterocycles. The van der Waals surface area contributed by atoms with E-state index in [9.17, 15) is 5.26 Å². The molecule has 14 aromatic rings. The van der Waals surface area contributed by atoms with E-state index in [2.05, 4.69) is 211 Å². The minimum atomic E-state index is 0.640. The average Bonchev–Trinajstić information content (AvgIpc) is 3.79. The molecule has 0 spiro atoms. The molecule has 4 nitrogen and oxygen atoms in total. The van der Waals surface area contributed by atoms with E-state index in [1.54, 1.807) is 0 Å². The lowest BCUT2D eigenvalue weighted by molar-refractivity contribution is 1.18. The van der Waals surface area contributed by atoms with Gasteiger partial charge in [-0.15, -0.1) is 0 Å². The summed E-state index contributed by atoms with van der Waals surface area (Å²) in [4.78, 5) is 9.59. The number of rotatable bonds is 7. The summed E-state index contributed by atoms with van der Waals surface area (Å²) in [5.41, 5.74) is 16.9. The monoisotopic (exact) mass is 926 g/mol. The zero-order chi connectivity index (χ0) is 48.4. The smallest absolute Gasteiger partial charge is 0.0991 e. The van der Waals surface area contributed by atoms with Crippen molar-refractivity contribution in [2.24, 2.45) is 0 Å². The number of para-hydroxylation sites is 1. The molecule has 0 aliphatic heterocycles. The quantitative estimate of drug-likeness (QED) is 0.150. The molecule has 11 aromatic carbocycles. The van der Waals surface area contributed by atoms with Gasteiger partial charge in [-0.3, -0.25) is 9.97 Å². The van der Waals surface area contributed by atoms with Gasteiger partial charge in [0.2, 0.25) is 0 Å². The summed E-state index contributed by atoms with van der Waals surface area (Å²) in [6, 6.07) is 89.7. The predicted molar refractivity (Wildman–Crippen MR) is 304 cm³/mol. The molecule has 0 N–H and O–H groups in total. The number of nitrogens with zero attached hydrogens (tertiary/aromatic N) is 4. The molecular formula is C69H42N4. The van der Waals surface area contributed by atoms with Crippen LogP contribution in [0.3, 0.4) is 0 Å². The third kappa shape index (κ3) is 7.22. The molecule has 0 bridgehead atoms. The molecule has 4 heteroatoms. The van der Waals surface area contributed by atoms with Gasteiger partial charge in [-0.05, 0) is 197 Å². The Balaban J connectivity index is 1.06. The highest BCUT2D eigenvalue weighted by Gasteiger charge is 2.21. The van der Waals surface area contributed by atoms with Gasteiger partial charge in [0.05, 0.1) is 34.1 Å². The van der Waals surface area contributed by atoms with Crippen LogP contribution in [0.4, 0.5) is 0 Å². The molecule has 14 rings (SSSR count). The van der Waals surface area contributed by atoms with Crippen molar-refractivity contribution in [3.05, 3.63) is 261 Å². The molecule has 0 aliphatic rings. The summed E-state index contributed by atoms with van der Waals surface area (Å²) in [5, 5.41) is 21.7. The maximum Gasteiger partial charge on any atom is 0.0991 e. The maximum absolute atomic E-state index is 10.1. The Kier molecular flexibility index (Phi) is 9.87. The molecule has 0 saturated heterocycles. The van der Waals surface area contributed by atoms with E-state index in [1.807, 2.05) is 54.9 Å². The van der Waals surface area contributed by atoms with E-state index in [0.29, 0.717) is 5.56 Å². The lowest BCUT2D eigenvalue weighted by Crippen LogP contribution is -1.94. The van der Waals surface area contributed by atoms with Crippen molar-refractivity contribution in [1.82, 2.24) is 14.5 Å². The number of pyridine rings is 2. The molecule has 0 aliphatic carbocycles. The van der Waals surface area contributed by atoms with Crippen LogP contribution in [0.1, 0.15) is 5.56 Å². The summed E-state index contributed by atoms with van der Waals surface area (Å²) >= 11 is 0. The summed E-state index contributed by atoms with van der Waals surface area (Å²) in [6.45, 7) is 0. The first-order valence-electron chi connectivity index (χ1n) is 24.7. The molecule has 0 radical (unpaired) electrons. The van der Waals surface area contributed by atoms with Crippen molar-refractivity contribution in [2.45, 2.75) is 0 Å². The minimum absolute atomic E-state index is 0.640. The number of hydrogen-bond acceptors (Lipinski definition) is 3. The van der Waals surface area contributed by atoms with E-state index in [4.69, 9.17) is 9.97 Å². The highest BCUT2D eigenvalue weighted by Crippen LogP contribution is 2.48. The SMILES string of the molecule is N#Cc1ccc2c(c1)c1cc(-c3ccc4c(-c5ccc6ccccc6c5)c5cc(-c6cc(-c7ccccn7)cc(-c7ccccn7)c6)ccc5c(-c5ccc6ccccc6c5)c4c3)ccc1n2-c1ccccc1. The Morgan fingerprint density at radius 3 is 1.30 bits per heavy atom. The van der Waals surface area contributed by atoms with E-state index >= 15 is 0 Å². The van der Waals surface area contributed by atoms with Crippen molar-refractivity contribution in [3.63, 3.8) is 0 Å². The highest BCUT2D eigenvalue weighted by atomic mass is 15.0. The topological polar surface area (TPSA) is 54.5 Å². The van der Waals surface area contributed by atoms with Crippen LogP contribution in [0.25, 0.3) is 138 Å². The van der Waals surface area contributed by atoms with E-state index in [-0.39, 0.29) is 0 Å². The first kappa shape index (κ1) is 42.0. The van der Waals surface area contributed by atoms with Crippen molar-refractivity contribution >= 4 is 64.9 Å². The van der Waals surface area contributed by atoms with E-state index in [1.165, 1.54) is 54.2 Å². The van der Waals surface area contributed by atoms with Crippen LogP contribution >= 0.6 is 0 Å². The fourth-order valence-electron chi connectivity index (χ4n) is 11.2. The van der Waals surface area contributed by atoms with Crippen molar-refractivity contribution in [1.29, 1.82) is 5.26 Å². The highest BCUT2D eigenvalue weighted by molar-refractivity contribution is 6.23. The van der Waals surface area contributed by atoms with Gasteiger partial charge < -0.3 is 4.57 Å². The molecule has 0 amide bonds. The number of nitriles is 1. The second-order valence-electron chi connectivity index (χ2n) is 18.9. The van der Waals surface area contributed by atoms with Crippen LogP contribution in [-0.4, -0.2) is 14.5 Å². The Morgan fingerprint density at radius 1 is 0.301 bits per heavy atom. The lowest BCUT2D eigenvalue weighted by Gasteiger charge is -2.20. The molecule has 73 heavy (non-hydrogen) atoms. The molecule has 0 saturated carbocycles. The van der Waals surface area contributed by atoms with Crippen molar-refractivity contribution < 1.29 is 0 Å². The largest absolute Gasteiger partial charge is 0.309 e. The molecule has 0 atom stereocenters. The Morgan fingerprint density at radius 2 is 0.753 bits per heavy atom. The summed E-state index contributed by atoms with van der Waals surface area (Å²) < 4.78 is 2.30. The van der Waals surface area contributed by atoms with Crippen LogP contribution in [0.15, 0.2) is 255 Å². The van der Waals surface area contributed by atoms with Crippen LogP contribution in [0.5, 0.6) is 0 Å². The summed E-state index contributed by atoms with van der Waals surface area (Å²) in [5.74, 6) is 0. The van der Waals surface area contributed by atoms with Gasteiger partial charge in [0, 0.05) is 40.0 Å². The van der Waals surface area contributed by atoms with Gasteiger partial charge in [0.25, 0.3) is 0 Å². The lowest BCUT2D eigenvalue weighted by atomic mass is 9.83. The standard InChI is InChI=1S/C69H42N4/c70-43-44-20-30-66-60(34-44)61-40-50(27-31-67(61)73(66)57-16-2-1-3-17-57)49-25-28-58-62(41-49)68(52-23-21-45-12-4-6-14-47(45)35-52)59-29-26-51(42-63(59)69(58)53-24-22-46-13-5-7-15-48(46)36-53)54-37-55(64-18-8-10-32-71-64)39-56(38-54)65-19-9-11-33-72-65/h1-42H. The van der Waals surface area contributed by atoms with Gasteiger partial charge in [-0.1, -0.05) is 133 Å². The van der Waals surface area contributed by atoms with Crippen LogP contribution < -0.4 is 0 Å². The number of hydrogen-bond donors (Lipinski definition) is 0. The number of fused-ring (bicyclic) bond motifs is 7.